The fourth-order valence-electron chi connectivity index (χ4n) is 2.46. The molecule has 0 bridgehead atoms. The molecule has 1 heterocycles. The highest BCUT2D eigenvalue weighted by atomic mass is 127. The molecular weight excluding hydrogens is 474 g/mol. The van der Waals surface area contributed by atoms with Crippen molar-refractivity contribution in [1.29, 1.82) is 0 Å². The molecule has 1 aromatic carbocycles. The van der Waals surface area contributed by atoms with Crippen LogP contribution in [0.5, 0.6) is 5.88 Å². The lowest BCUT2D eigenvalue weighted by atomic mass is 10.2. The number of nitrogens with one attached hydrogen (secondary N) is 1. The van der Waals surface area contributed by atoms with Gasteiger partial charge in [0.25, 0.3) is 0 Å². The van der Waals surface area contributed by atoms with E-state index in [0.717, 1.165) is 23.6 Å². The van der Waals surface area contributed by atoms with Gasteiger partial charge in [0.05, 0.1) is 13.2 Å². The van der Waals surface area contributed by atoms with Gasteiger partial charge < -0.3 is 19.7 Å². The van der Waals surface area contributed by atoms with E-state index in [9.17, 15) is 4.39 Å². The van der Waals surface area contributed by atoms with E-state index < -0.39 is 0 Å². The van der Waals surface area contributed by atoms with E-state index in [1.807, 2.05) is 31.0 Å². The lowest BCUT2D eigenvalue weighted by molar-refractivity contribution is 0.143. The van der Waals surface area contributed by atoms with Crippen LogP contribution in [-0.2, 0) is 17.8 Å². The maximum atomic E-state index is 13.1. The first kappa shape index (κ1) is 24.1. The highest BCUT2D eigenvalue weighted by Gasteiger charge is 2.09. The fourth-order valence-corrected chi connectivity index (χ4v) is 2.46. The van der Waals surface area contributed by atoms with Crippen molar-refractivity contribution in [1.82, 2.24) is 15.2 Å². The molecular formula is C20H28FIN4O2. The SMILES string of the molecule is CCNC(=NCc1cccnc1OCCOC)N(C)Cc1ccc(F)cc1.I. The molecule has 2 rings (SSSR count). The van der Waals surface area contributed by atoms with Crippen LogP contribution < -0.4 is 10.1 Å². The second-order valence-electron chi connectivity index (χ2n) is 5.96. The zero-order valence-corrected chi connectivity index (χ0v) is 18.9. The van der Waals surface area contributed by atoms with Crippen LogP contribution >= 0.6 is 24.0 Å². The smallest absolute Gasteiger partial charge is 0.218 e. The van der Waals surface area contributed by atoms with Gasteiger partial charge in [-0.1, -0.05) is 18.2 Å². The van der Waals surface area contributed by atoms with E-state index >= 15 is 0 Å². The molecule has 0 amide bonds. The number of hydrogen-bond acceptors (Lipinski definition) is 4. The molecule has 0 fully saturated rings. The first-order valence-electron chi connectivity index (χ1n) is 8.93. The molecule has 0 aliphatic rings. The standard InChI is InChI=1S/C20H27FN4O2.HI/c1-4-22-20(25(2)15-16-7-9-18(21)10-8-16)24-14-17-6-5-11-23-19(17)27-13-12-26-3;/h5-11H,4,12-15H2,1-3H3,(H,22,24);1H. The Labute approximate surface area is 183 Å². The lowest BCUT2D eigenvalue weighted by Gasteiger charge is -2.22. The summed E-state index contributed by atoms with van der Waals surface area (Å²) in [7, 11) is 3.58. The molecule has 8 heteroatoms. The summed E-state index contributed by atoms with van der Waals surface area (Å²) in [5, 5.41) is 3.28. The molecule has 2 aromatic rings. The number of benzene rings is 1. The van der Waals surface area contributed by atoms with Gasteiger partial charge in [-0.2, -0.15) is 0 Å². The van der Waals surface area contributed by atoms with E-state index in [1.54, 1.807) is 25.4 Å². The van der Waals surface area contributed by atoms with Crippen LogP contribution in [-0.4, -0.2) is 49.8 Å². The summed E-state index contributed by atoms with van der Waals surface area (Å²) in [5.74, 6) is 1.09. The molecule has 1 aromatic heterocycles. The fraction of sp³-hybridized carbons (Fsp3) is 0.400. The van der Waals surface area contributed by atoms with E-state index in [1.165, 1.54) is 12.1 Å². The molecule has 6 nitrogen and oxygen atoms in total. The van der Waals surface area contributed by atoms with Gasteiger partial charge in [-0.05, 0) is 30.7 Å². The van der Waals surface area contributed by atoms with Gasteiger partial charge in [0.2, 0.25) is 5.88 Å². The van der Waals surface area contributed by atoms with Crippen molar-refractivity contribution < 1.29 is 13.9 Å². The van der Waals surface area contributed by atoms with Crippen molar-refractivity contribution in [3.8, 4) is 5.88 Å². The number of methoxy groups -OCH3 is 1. The Bertz CT molecular complexity index is 728. The summed E-state index contributed by atoms with van der Waals surface area (Å²) in [5.41, 5.74) is 1.91. The third-order valence-electron chi connectivity index (χ3n) is 3.80. The third kappa shape index (κ3) is 7.97. The van der Waals surface area contributed by atoms with Gasteiger partial charge in [-0.3, -0.25) is 0 Å². The average molecular weight is 502 g/mol. The van der Waals surface area contributed by atoms with E-state index in [2.05, 4.69) is 10.3 Å². The van der Waals surface area contributed by atoms with Crippen molar-refractivity contribution >= 4 is 29.9 Å². The molecule has 0 atom stereocenters. The normalized spacial score (nSPS) is 10.9. The number of aliphatic imine (C=N–C) groups is 1. The van der Waals surface area contributed by atoms with Gasteiger partial charge in [0.1, 0.15) is 12.4 Å². The van der Waals surface area contributed by atoms with Crippen LogP contribution in [0.3, 0.4) is 0 Å². The number of halogens is 2. The minimum atomic E-state index is -0.237. The van der Waals surface area contributed by atoms with E-state index in [0.29, 0.717) is 32.2 Å². The summed E-state index contributed by atoms with van der Waals surface area (Å²) in [6.07, 6.45) is 1.70. The van der Waals surface area contributed by atoms with Crippen LogP contribution in [0.25, 0.3) is 0 Å². The molecule has 0 saturated carbocycles. The summed E-state index contributed by atoms with van der Waals surface area (Å²) in [6, 6.07) is 10.3. The minimum Gasteiger partial charge on any atom is -0.475 e. The molecule has 0 spiro atoms. The van der Waals surface area contributed by atoms with Crippen LogP contribution in [0.1, 0.15) is 18.1 Å². The molecule has 1 N–H and O–H groups in total. The average Bonchev–Trinajstić information content (AvgIpc) is 2.68. The molecule has 0 unspecified atom stereocenters. The van der Waals surface area contributed by atoms with Crippen LogP contribution in [0.4, 0.5) is 4.39 Å². The summed E-state index contributed by atoms with van der Waals surface area (Å²) in [6.45, 7) is 4.77. The number of pyridine rings is 1. The molecule has 0 saturated heterocycles. The number of nitrogens with zero attached hydrogens (tertiary/aromatic N) is 3. The van der Waals surface area contributed by atoms with Gasteiger partial charge in [-0.25, -0.2) is 14.4 Å². The number of ether oxygens (including phenoxy) is 2. The predicted molar refractivity (Wildman–Crippen MR) is 120 cm³/mol. The predicted octanol–water partition coefficient (Wildman–Crippen LogP) is 3.46. The highest BCUT2D eigenvalue weighted by Crippen LogP contribution is 2.15. The minimum absolute atomic E-state index is 0. The Balaban J connectivity index is 0.00000392. The zero-order valence-electron chi connectivity index (χ0n) is 16.5. The van der Waals surface area contributed by atoms with Gasteiger partial charge in [-0.15, -0.1) is 24.0 Å². The second-order valence-corrected chi connectivity index (χ2v) is 5.96. The molecule has 0 aliphatic carbocycles. The highest BCUT2D eigenvalue weighted by molar-refractivity contribution is 14.0. The van der Waals surface area contributed by atoms with Crippen molar-refractivity contribution in [3.63, 3.8) is 0 Å². The summed E-state index contributed by atoms with van der Waals surface area (Å²) < 4.78 is 23.8. The number of aromatic nitrogens is 1. The Morgan fingerprint density at radius 3 is 2.64 bits per heavy atom. The Hall–Kier alpha value is -1.94. The zero-order chi connectivity index (χ0) is 19.5. The lowest BCUT2D eigenvalue weighted by Crippen LogP contribution is -2.38. The summed E-state index contributed by atoms with van der Waals surface area (Å²) in [4.78, 5) is 11.0. The van der Waals surface area contributed by atoms with E-state index in [4.69, 9.17) is 14.5 Å². The second kappa shape index (κ2) is 13.3. The molecule has 0 radical (unpaired) electrons. The first-order valence-corrected chi connectivity index (χ1v) is 8.93. The summed E-state index contributed by atoms with van der Waals surface area (Å²) >= 11 is 0. The first-order chi connectivity index (χ1) is 13.1. The largest absolute Gasteiger partial charge is 0.475 e. The molecule has 0 aliphatic heterocycles. The van der Waals surface area contributed by atoms with Crippen molar-refractivity contribution in [2.45, 2.75) is 20.0 Å². The number of guanidine groups is 1. The van der Waals surface area contributed by atoms with Gasteiger partial charge in [0, 0.05) is 39.0 Å². The van der Waals surface area contributed by atoms with E-state index in [-0.39, 0.29) is 29.8 Å². The molecule has 154 valence electrons. The third-order valence-corrected chi connectivity index (χ3v) is 3.80. The topological polar surface area (TPSA) is 59.0 Å². The Kier molecular flexibility index (Phi) is 11.4. The quantitative estimate of drug-likeness (QED) is 0.247. The van der Waals surface area contributed by atoms with Crippen molar-refractivity contribution in [3.05, 3.63) is 59.5 Å². The van der Waals surface area contributed by atoms with Gasteiger partial charge in [0.15, 0.2) is 5.96 Å². The number of hydrogen-bond donors (Lipinski definition) is 1. The van der Waals surface area contributed by atoms with Gasteiger partial charge >= 0.3 is 0 Å². The Morgan fingerprint density at radius 1 is 1.21 bits per heavy atom. The Morgan fingerprint density at radius 2 is 1.96 bits per heavy atom. The van der Waals surface area contributed by atoms with Crippen LogP contribution in [0, 0.1) is 5.82 Å². The van der Waals surface area contributed by atoms with Crippen molar-refractivity contribution in [2.75, 3.05) is 33.9 Å². The van der Waals surface area contributed by atoms with Crippen LogP contribution in [0.2, 0.25) is 0 Å². The number of rotatable bonds is 9. The maximum Gasteiger partial charge on any atom is 0.218 e. The maximum absolute atomic E-state index is 13.1. The van der Waals surface area contributed by atoms with Crippen LogP contribution in [0.15, 0.2) is 47.6 Å². The van der Waals surface area contributed by atoms with Crippen molar-refractivity contribution in [2.24, 2.45) is 4.99 Å². The molecule has 28 heavy (non-hydrogen) atoms. The monoisotopic (exact) mass is 502 g/mol.